The minimum atomic E-state index is 0. The fraction of sp³-hybridized carbons (Fsp3) is 1.00. The molecule has 0 aliphatic heterocycles. The Hall–Kier alpha value is -0.120. The highest BCUT2D eigenvalue weighted by Gasteiger charge is 2.22. The molecule has 3 fully saturated rings. The highest BCUT2D eigenvalue weighted by molar-refractivity contribution is 4.73. The van der Waals surface area contributed by atoms with Crippen molar-refractivity contribution in [1.29, 1.82) is 0 Å². The topological polar surface area (TPSA) is 60.7 Å². The summed E-state index contributed by atoms with van der Waals surface area (Å²) >= 11 is 0. The summed E-state index contributed by atoms with van der Waals surface area (Å²) in [5, 5.41) is 27.0. The summed E-state index contributed by atoms with van der Waals surface area (Å²) in [6.07, 6.45) is 14.5. The van der Waals surface area contributed by atoms with Crippen LogP contribution in [0.2, 0.25) is 0 Å². The lowest BCUT2D eigenvalue weighted by atomic mass is 9.78. The van der Waals surface area contributed by atoms with Gasteiger partial charge < -0.3 is 15.3 Å². The summed E-state index contributed by atoms with van der Waals surface area (Å²) in [4.78, 5) is 0. The first-order valence-electron chi connectivity index (χ1n) is 10.9. The van der Waals surface area contributed by atoms with Crippen molar-refractivity contribution in [1.82, 2.24) is 0 Å². The van der Waals surface area contributed by atoms with E-state index in [2.05, 4.69) is 20.8 Å². The third-order valence-corrected chi connectivity index (χ3v) is 6.40. The van der Waals surface area contributed by atoms with Crippen molar-refractivity contribution >= 4 is 0 Å². The predicted octanol–water partition coefficient (Wildman–Crippen LogP) is 5.56. The second-order valence-corrected chi connectivity index (χ2v) is 8.89. The van der Waals surface area contributed by atoms with E-state index in [-0.39, 0.29) is 19.6 Å². The maximum Gasteiger partial charge on any atom is 0.0542 e. The van der Waals surface area contributed by atoms with Crippen LogP contribution < -0.4 is 0 Å². The fourth-order valence-corrected chi connectivity index (χ4v) is 4.64. The summed E-state index contributed by atoms with van der Waals surface area (Å²) in [5.41, 5.74) is 0. The second kappa shape index (κ2) is 14.9. The van der Waals surface area contributed by atoms with Gasteiger partial charge in [-0.15, -0.1) is 0 Å². The van der Waals surface area contributed by atoms with Crippen LogP contribution in [0.4, 0.5) is 0 Å². The quantitative estimate of drug-likeness (QED) is 0.595. The molecule has 0 aromatic rings. The molecule has 0 heterocycles. The zero-order valence-corrected chi connectivity index (χ0v) is 17.0. The third-order valence-electron chi connectivity index (χ3n) is 6.40. The molecule has 3 rings (SSSR count). The van der Waals surface area contributed by atoms with Crippen LogP contribution in [0.1, 0.15) is 105 Å². The van der Waals surface area contributed by atoms with Crippen molar-refractivity contribution in [2.24, 2.45) is 23.7 Å². The SMILES string of the molecule is C.CC1CCC(O)C1.CC1CCCC(O)C1.CCC1CCCCC1CO. The van der Waals surface area contributed by atoms with Gasteiger partial charge in [-0.25, -0.2) is 0 Å². The van der Waals surface area contributed by atoms with Crippen molar-refractivity contribution in [2.45, 2.75) is 117 Å². The molecule has 3 nitrogen and oxygen atoms in total. The van der Waals surface area contributed by atoms with Crippen LogP contribution in [0.5, 0.6) is 0 Å². The summed E-state index contributed by atoms with van der Waals surface area (Å²) in [6.45, 7) is 7.05. The first kappa shape index (κ1) is 25.9. The van der Waals surface area contributed by atoms with E-state index < -0.39 is 0 Å². The number of aliphatic hydroxyl groups excluding tert-OH is 3. The van der Waals surface area contributed by atoms with Gasteiger partial charge in [0.1, 0.15) is 0 Å². The molecule has 3 heteroatoms. The number of rotatable bonds is 2. The van der Waals surface area contributed by atoms with Crippen molar-refractivity contribution in [3.63, 3.8) is 0 Å². The van der Waals surface area contributed by atoms with Gasteiger partial charge in [-0.2, -0.15) is 0 Å². The van der Waals surface area contributed by atoms with Gasteiger partial charge in [0.15, 0.2) is 0 Å². The first-order valence-corrected chi connectivity index (χ1v) is 10.9. The van der Waals surface area contributed by atoms with E-state index in [4.69, 9.17) is 15.3 Å². The van der Waals surface area contributed by atoms with Crippen LogP contribution >= 0.6 is 0 Å². The molecule has 6 atom stereocenters. The van der Waals surface area contributed by atoms with Crippen LogP contribution in [0.3, 0.4) is 0 Å². The van der Waals surface area contributed by atoms with Gasteiger partial charge in [0, 0.05) is 6.61 Å². The van der Waals surface area contributed by atoms with Gasteiger partial charge >= 0.3 is 0 Å². The van der Waals surface area contributed by atoms with Crippen LogP contribution in [0.25, 0.3) is 0 Å². The largest absolute Gasteiger partial charge is 0.396 e. The molecule has 0 aromatic carbocycles. The number of hydrogen-bond donors (Lipinski definition) is 3. The highest BCUT2D eigenvalue weighted by atomic mass is 16.3. The Morgan fingerprint density at radius 2 is 1.23 bits per heavy atom. The molecule has 6 unspecified atom stereocenters. The highest BCUT2D eigenvalue weighted by Crippen LogP contribution is 2.31. The van der Waals surface area contributed by atoms with E-state index in [0.717, 1.165) is 43.4 Å². The van der Waals surface area contributed by atoms with E-state index >= 15 is 0 Å². The Bertz CT molecular complexity index is 293. The number of aliphatic hydroxyl groups is 3. The molecule has 0 aromatic heterocycles. The molecule has 3 aliphatic carbocycles. The summed E-state index contributed by atoms with van der Waals surface area (Å²) in [6, 6.07) is 0. The van der Waals surface area contributed by atoms with E-state index in [1.54, 1.807) is 0 Å². The minimum absolute atomic E-state index is 0. The van der Waals surface area contributed by atoms with Crippen LogP contribution in [0.15, 0.2) is 0 Å². The second-order valence-electron chi connectivity index (χ2n) is 8.89. The van der Waals surface area contributed by atoms with Gasteiger partial charge in [-0.1, -0.05) is 66.7 Å². The van der Waals surface area contributed by atoms with Gasteiger partial charge in [0.2, 0.25) is 0 Å². The Morgan fingerprint density at radius 1 is 0.692 bits per heavy atom. The standard InChI is InChI=1S/C9H18O.C7H14O.C6H12O.CH4/c1-2-8-5-3-4-6-9(8)7-10;1-6-3-2-4-7(8)5-6;1-5-2-3-6(7)4-5;/h8-10H,2-7H2,1H3;6-8H,2-5H2,1H3;5-7H,2-4H2,1H3;1H4. The maximum atomic E-state index is 9.08. The third kappa shape index (κ3) is 10.9. The first-order chi connectivity index (χ1) is 12.0. The van der Waals surface area contributed by atoms with Gasteiger partial charge in [-0.05, 0) is 62.2 Å². The normalized spacial score (nSPS) is 36.7. The van der Waals surface area contributed by atoms with Gasteiger partial charge in [-0.3, -0.25) is 0 Å². The maximum absolute atomic E-state index is 9.08. The molecule has 3 N–H and O–H groups in total. The molecule has 0 radical (unpaired) electrons. The lowest BCUT2D eigenvalue weighted by Gasteiger charge is -2.28. The van der Waals surface area contributed by atoms with E-state index in [1.807, 2.05) is 0 Å². The van der Waals surface area contributed by atoms with Crippen LogP contribution in [0, 0.1) is 23.7 Å². The molecule has 3 aliphatic rings. The molecular weight excluding hydrogens is 324 g/mol. The summed E-state index contributed by atoms with van der Waals surface area (Å²) in [7, 11) is 0. The lowest BCUT2D eigenvalue weighted by Crippen LogP contribution is -2.21. The molecular formula is C23H48O3. The molecule has 0 spiro atoms. The average molecular weight is 373 g/mol. The molecule has 0 amide bonds. The van der Waals surface area contributed by atoms with Crippen LogP contribution in [-0.2, 0) is 0 Å². The van der Waals surface area contributed by atoms with Crippen molar-refractivity contribution in [3.8, 4) is 0 Å². The van der Waals surface area contributed by atoms with Crippen molar-refractivity contribution in [2.75, 3.05) is 6.61 Å². The minimum Gasteiger partial charge on any atom is -0.396 e. The lowest BCUT2D eigenvalue weighted by molar-refractivity contribution is 0.106. The Balaban J connectivity index is 0.000000359. The predicted molar refractivity (Wildman–Crippen MR) is 112 cm³/mol. The Morgan fingerprint density at radius 3 is 1.54 bits per heavy atom. The van der Waals surface area contributed by atoms with E-state index in [1.165, 1.54) is 51.4 Å². The summed E-state index contributed by atoms with van der Waals surface area (Å²) < 4.78 is 0. The zero-order chi connectivity index (χ0) is 18.7. The molecule has 158 valence electrons. The number of hydrogen-bond acceptors (Lipinski definition) is 3. The summed E-state index contributed by atoms with van der Waals surface area (Å²) in [5.74, 6) is 2.98. The van der Waals surface area contributed by atoms with Crippen LogP contribution in [-0.4, -0.2) is 34.1 Å². The molecule has 3 saturated carbocycles. The Kier molecular flexibility index (Phi) is 14.8. The zero-order valence-electron chi connectivity index (χ0n) is 17.0. The van der Waals surface area contributed by atoms with E-state index in [0.29, 0.717) is 12.5 Å². The smallest absolute Gasteiger partial charge is 0.0542 e. The Labute approximate surface area is 163 Å². The van der Waals surface area contributed by atoms with E-state index in [9.17, 15) is 0 Å². The molecule has 0 bridgehead atoms. The fourth-order valence-electron chi connectivity index (χ4n) is 4.64. The van der Waals surface area contributed by atoms with Crippen molar-refractivity contribution in [3.05, 3.63) is 0 Å². The average Bonchev–Trinajstić information content (AvgIpc) is 2.98. The van der Waals surface area contributed by atoms with Gasteiger partial charge in [0.05, 0.1) is 12.2 Å². The van der Waals surface area contributed by atoms with Crippen molar-refractivity contribution < 1.29 is 15.3 Å². The monoisotopic (exact) mass is 372 g/mol. The molecule has 26 heavy (non-hydrogen) atoms. The molecule has 0 saturated heterocycles. The van der Waals surface area contributed by atoms with Gasteiger partial charge in [0.25, 0.3) is 0 Å².